The third kappa shape index (κ3) is 6.68. The Morgan fingerprint density at radius 1 is 1.00 bits per heavy atom. The van der Waals surface area contributed by atoms with Crippen LogP contribution in [0.2, 0.25) is 0 Å². The molecule has 2 aromatic carbocycles. The van der Waals surface area contributed by atoms with Crippen molar-refractivity contribution >= 4 is 36.0 Å². The fraction of sp³-hybridized carbons (Fsp3) is 0.375. The molecule has 0 aromatic heterocycles. The van der Waals surface area contributed by atoms with E-state index in [0.29, 0.717) is 45.2 Å². The standard InChI is InChI=1S/C24H27FN4O4.ClH/c25-20-13-18(6-7-21(20)27-24(33)26-14-16-4-5-16)22(30)29-10-8-28(9-11-29)15-17-2-1-3-19(12-17)23(31)32;/h1-3,6-7,12-13,16H,4-5,8-11,14-15H2,(H,31,32)(H2,26,27,33);1H. The van der Waals surface area contributed by atoms with E-state index in [1.807, 2.05) is 6.07 Å². The number of hydrogen-bond donors (Lipinski definition) is 3. The van der Waals surface area contributed by atoms with Crippen LogP contribution >= 0.6 is 12.4 Å². The summed E-state index contributed by atoms with van der Waals surface area (Å²) >= 11 is 0. The number of hydrogen-bond acceptors (Lipinski definition) is 4. The molecule has 0 bridgehead atoms. The first-order chi connectivity index (χ1) is 15.9. The number of rotatable bonds is 7. The number of amides is 3. The van der Waals surface area contributed by atoms with Crippen LogP contribution in [0.25, 0.3) is 0 Å². The lowest BCUT2D eigenvalue weighted by Crippen LogP contribution is -2.48. The minimum Gasteiger partial charge on any atom is -0.478 e. The molecule has 0 spiro atoms. The number of halogens is 2. The summed E-state index contributed by atoms with van der Waals surface area (Å²) < 4.78 is 14.5. The molecule has 1 heterocycles. The second kappa shape index (κ2) is 11.3. The maximum atomic E-state index is 14.5. The summed E-state index contributed by atoms with van der Waals surface area (Å²) in [6.45, 7) is 3.42. The maximum absolute atomic E-state index is 14.5. The van der Waals surface area contributed by atoms with E-state index in [9.17, 15) is 18.8 Å². The van der Waals surface area contributed by atoms with Crippen LogP contribution in [0.1, 0.15) is 39.1 Å². The lowest BCUT2D eigenvalue weighted by molar-refractivity contribution is 0.0625. The van der Waals surface area contributed by atoms with Crippen molar-refractivity contribution in [2.24, 2.45) is 5.92 Å². The van der Waals surface area contributed by atoms with Gasteiger partial charge in [-0.3, -0.25) is 9.69 Å². The first-order valence-electron chi connectivity index (χ1n) is 11.1. The number of aromatic carboxylic acids is 1. The Hall–Kier alpha value is -3.17. The summed E-state index contributed by atoms with van der Waals surface area (Å²) in [5.41, 5.74) is 1.43. The molecule has 3 N–H and O–H groups in total. The molecular formula is C24H28ClFN4O4. The van der Waals surface area contributed by atoms with Crippen molar-refractivity contribution in [1.82, 2.24) is 15.1 Å². The molecule has 10 heteroatoms. The molecule has 0 atom stereocenters. The van der Waals surface area contributed by atoms with Crippen LogP contribution in [0.5, 0.6) is 0 Å². The minimum atomic E-state index is -0.959. The van der Waals surface area contributed by atoms with Gasteiger partial charge in [0.1, 0.15) is 5.82 Å². The molecule has 2 fully saturated rings. The number of nitrogens with zero attached hydrogens (tertiary/aromatic N) is 2. The topological polar surface area (TPSA) is 102 Å². The van der Waals surface area contributed by atoms with Crippen LogP contribution in [-0.4, -0.2) is 65.5 Å². The molecule has 1 saturated heterocycles. The van der Waals surface area contributed by atoms with Gasteiger partial charge in [-0.25, -0.2) is 14.0 Å². The van der Waals surface area contributed by atoms with E-state index in [1.54, 1.807) is 23.1 Å². The van der Waals surface area contributed by atoms with E-state index in [2.05, 4.69) is 15.5 Å². The van der Waals surface area contributed by atoms with Gasteiger partial charge in [-0.15, -0.1) is 12.4 Å². The van der Waals surface area contributed by atoms with Gasteiger partial charge in [0.2, 0.25) is 0 Å². The van der Waals surface area contributed by atoms with E-state index in [-0.39, 0.29) is 35.1 Å². The van der Waals surface area contributed by atoms with E-state index in [4.69, 9.17) is 5.11 Å². The molecule has 34 heavy (non-hydrogen) atoms. The fourth-order valence-electron chi connectivity index (χ4n) is 3.83. The average Bonchev–Trinajstić information content (AvgIpc) is 3.64. The number of anilines is 1. The minimum absolute atomic E-state index is 0. The van der Waals surface area contributed by atoms with Crippen molar-refractivity contribution < 1.29 is 23.9 Å². The number of piperazine rings is 1. The van der Waals surface area contributed by atoms with Gasteiger partial charge >= 0.3 is 12.0 Å². The van der Waals surface area contributed by atoms with Crippen molar-refractivity contribution in [1.29, 1.82) is 0 Å². The Balaban J connectivity index is 0.00000324. The van der Waals surface area contributed by atoms with Gasteiger partial charge in [0, 0.05) is 44.8 Å². The first-order valence-corrected chi connectivity index (χ1v) is 11.1. The van der Waals surface area contributed by atoms with Crippen LogP contribution in [-0.2, 0) is 6.54 Å². The largest absolute Gasteiger partial charge is 0.478 e. The van der Waals surface area contributed by atoms with Crippen molar-refractivity contribution in [3.8, 4) is 0 Å². The number of benzene rings is 2. The molecule has 8 nitrogen and oxygen atoms in total. The zero-order valence-electron chi connectivity index (χ0n) is 18.6. The predicted molar refractivity (Wildman–Crippen MR) is 128 cm³/mol. The SMILES string of the molecule is Cl.O=C(NCC1CC1)Nc1ccc(C(=O)N2CCN(Cc3cccc(C(=O)O)c3)CC2)cc1F. The first kappa shape index (κ1) is 25.5. The number of carboxylic acid groups (broad SMARTS) is 1. The highest BCUT2D eigenvalue weighted by molar-refractivity contribution is 5.95. The Labute approximate surface area is 203 Å². The van der Waals surface area contributed by atoms with Crippen molar-refractivity contribution in [3.05, 3.63) is 65.0 Å². The van der Waals surface area contributed by atoms with E-state index >= 15 is 0 Å². The molecule has 1 aliphatic heterocycles. The fourth-order valence-corrected chi connectivity index (χ4v) is 3.83. The Morgan fingerprint density at radius 2 is 1.74 bits per heavy atom. The smallest absolute Gasteiger partial charge is 0.335 e. The van der Waals surface area contributed by atoms with E-state index in [0.717, 1.165) is 24.5 Å². The number of carbonyl (C=O) groups is 3. The third-order valence-electron chi connectivity index (χ3n) is 5.95. The zero-order valence-corrected chi connectivity index (χ0v) is 19.4. The quantitative estimate of drug-likeness (QED) is 0.552. The summed E-state index contributed by atoms with van der Waals surface area (Å²) in [6, 6.07) is 10.5. The van der Waals surface area contributed by atoms with E-state index in [1.165, 1.54) is 12.1 Å². The van der Waals surface area contributed by atoms with Crippen LogP contribution in [0.15, 0.2) is 42.5 Å². The Morgan fingerprint density at radius 3 is 2.38 bits per heavy atom. The van der Waals surface area contributed by atoms with Gasteiger partial charge in [-0.1, -0.05) is 12.1 Å². The van der Waals surface area contributed by atoms with Crippen LogP contribution in [0.4, 0.5) is 14.9 Å². The van der Waals surface area contributed by atoms with Gasteiger partial charge in [0.05, 0.1) is 11.3 Å². The van der Waals surface area contributed by atoms with Crippen molar-refractivity contribution in [2.75, 3.05) is 38.0 Å². The van der Waals surface area contributed by atoms with Gasteiger partial charge in [0.25, 0.3) is 5.91 Å². The van der Waals surface area contributed by atoms with Crippen molar-refractivity contribution in [2.45, 2.75) is 19.4 Å². The van der Waals surface area contributed by atoms with Crippen LogP contribution in [0, 0.1) is 11.7 Å². The number of carbonyl (C=O) groups excluding carboxylic acids is 2. The molecule has 2 aliphatic rings. The molecule has 0 unspecified atom stereocenters. The van der Waals surface area contributed by atoms with Gasteiger partial charge < -0.3 is 20.6 Å². The molecule has 0 radical (unpaired) electrons. The summed E-state index contributed by atoms with van der Waals surface area (Å²) in [4.78, 5) is 39.7. The summed E-state index contributed by atoms with van der Waals surface area (Å²) in [6.07, 6.45) is 2.22. The Kier molecular flexibility index (Phi) is 8.46. The summed E-state index contributed by atoms with van der Waals surface area (Å²) in [5.74, 6) is -1.35. The third-order valence-corrected chi connectivity index (χ3v) is 5.95. The highest BCUT2D eigenvalue weighted by Gasteiger charge is 2.24. The number of urea groups is 1. The van der Waals surface area contributed by atoms with Gasteiger partial charge in [0.15, 0.2) is 0 Å². The average molecular weight is 491 g/mol. The molecule has 2 aromatic rings. The molecule has 3 amide bonds. The normalized spacial score (nSPS) is 15.9. The molecule has 182 valence electrons. The second-order valence-corrected chi connectivity index (χ2v) is 8.55. The number of nitrogens with one attached hydrogen (secondary N) is 2. The summed E-state index contributed by atoms with van der Waals surface area (Å²) in [7, 11) is 0. The highest BCUT2D eigenvalue weighted by atomic mass is 35.5. The van der Waals surface area contributed by atoms with Crippen molar-refractivity contribution in [3.63, 3.8) is 0 Å². The monoisotopic (exact) mass is 490 g/mol. The molecular weight excluding hydrogens is 463 g/mol. The lowest BCUT2D eigenvalue weighted by Gasteiger charge is -2.34. The second-order valence-electron chi connectivity index (χ2n) is 8.55. The van der Waals surface area contributed by atoms with E-state index < -0.39 is 17.8 Å². The highest BCUT2D eigenvalue weighted by Crippen LogP contribution is 2.27. The number of carboxylic acids is 1. The predicted octanol–water partition coefficient (Wildman–Crippen LogP) is 3.44. The van der Waals surface area contributed by atoms with Crippen LogP contribution < -0.4 is 10.6 Å². The van der Waals surface area contributed by atoms with Gasteiger partial charge in [-0.05, 0) is 54.7 Å². The molecule has 1 aliphatic carbocycles. The Bertz CT molecular complexity index is 1060. The lowest BCUT2D eigenvalue weighted by atomic mass is 10.1. The summed E-state index contributed by atoms with van der Waals surface area (Å²) in [5, 5.41) is 14.3. The maximum Gasteiger partial charge on any atom is 0.335 e. The molecule has 4 rings (SSSR count). The van der Waals surface area contributed by atoms with Gasteiger partial charge in [-0.2, -0.15) is 0 Å². The zero-order chi connectivity index (χ0) is 23.4. The van der Waals surface area contributed by atoms with Crippen LogP contribution in [0.3, 0.4) is 0 Å². The molecule has 1 saturated carbocycles.